The van der Waals surface area contributed by atoms with E-state index in [1.807, 2.05) is 7.05 Å². The van der Waals surface area contributed by atoms with E-state index in [0.717, 1.165) is 38.8 Å². The van der Waals surface area contributed by atoms with E-state index in [-0.39, 0.29) is 17.9 Å². The van der Waals surface area contributed by atoms with Crippen molar-refractivity contribution < 1.29 is 9.59 Å². The Morgan fingerprint density at radius 2 is 2.00 bits per heavy atom. The largest absolute Gasteiger partial charge is 0.335 e. The van der Waals surface area contributed by atoms with E-state index in [1.54, 1.807) is 0 Å². The third-order valence-electron chi connectivity index (χ3n) is 3.14. The molecule has 90 valence electrons. The summed E-state index contributed by atoms with van der Waals surface area (Å²) < 4.78 is 0. The highest BCUT2D eigenvalue weighted by Crippen LogP contribution is 2.18. The molecule has 1 unspecified atom stereocenters. The van der Waals surface area contributed by atoms with Crippen LogP contribution in [0.2, 0.25) is 0 Å². The van der Waals surface area contributed by atoms with Gasteiger partial charge in [-0.2, -0.15) is 0 Å². The molecule has 2 rings (SSSR count). The number of nitrogens with one attached hydrogen (secondary N) is 2. The fourth-order valence-electron chi connectivity index (χ4n) is 2.04. The third kappa shape index (κ3) is 3.20. The number of urea groups is 1. The number of carbonyl (C=O) groups excluding carboxylic acids is 2. The van der Waals surface area contributed by atoms with Crippen molar-refractivity contribution >= 4 is 11.9 Å². The second-order valence-corrected chi connectivity index (χ2v) is 4.84. The number of nitrogens with zero attached hydrogens (tertiary/aromatic N) is 1. The fraction of sp³-hybridized carbons (Fsp3) is 0.818. The van der Waals surface area contributed by atoms with Gasteiger partial charge in [0.1, 0.15) is 0 Å². The van der Waals surface area contributed by atoms with Crippen LogP contribution in [0.25, 0.3) is 0 Å². The Hall–Kier alpha value is -1.10. The quantitative estimate of drug-likeness (QED) is 0.711. The minimum Gasteiger partial charge on any atom is -0.335 e. The van der Waals surface area contributed by atoms with Gasteiger partial charge in [-0.15, -0.1) is 0 Å². The van der Waals surface area contributed by atoms with Crippen LogP contribution in [0.15, 0.2) is 0 Å². The Bertz CT molecular complexity index is 289. The molecule has 0 radical (unpaired) electrons. The SMILES string of the molecule is CN1CCCC(C(=O)NC(=O)NC2CC2)C1. The number of piperidine rings is 1. The zero-order valence-corrected chi connectivity index (χ0v) is 9.66. The number of hydrogen-bond acceptors (Lipinski definition) is 3. The molecule has 1 saturated heterocycles. The predicted molar refractivity (Wildman–Crippen MR) is 59.9 cm³/mol. The average Bonchev–Trinajstić information content (AvgIpc) is 3.01. The lowest BCUT2D eigenvalue weighted by Crippen LogP contribution is -2.47. The van der Waals surface area contributed by atoms with E-state index in [0.29, 0.717) is 6.04 Å². The van der Waals surface area contributed by atoms with Crippen molar-refractivity contribution in [2.75, 3.05) is 20.1 Å². The Kier molecular flexibility index (Phi) is 3.43. The smallest absolute Gasteiger partial charge is 0.321 e. The number of amides is 3. The monoisotopic (exact) mass is 225 g/mol. The molecule has 0 aromatic heterocycles. The molecule has 1 saturated carbocycles. The van der Waals surface area contributed by atoms with Gasteiger partial charge in [0.25, 0.3) is 0 Å². The normalized spacial score (nSPS) is 26.2. The lowest BCUT2D eigenvalue weighted by molar-refractivity contribution is -0.125. The highest BCUT2D eigenvalue weighted by atomic mass is 16.2. The van der Waals surface area contributed by atoms with E-state index in [4.69, 9.17) is 0 Å². The van der Waals surface area contributed by atoms with Crippen molar-refractivity contribution in [3.05, 3.63) is 0 Å². The number of hydrogen-bond donors (Lipinski definition) is 2. The van der Waals surface area contributed by atoms with Gasteiger partial charge in [0.2, 0.25) is 5.91 Å². The van der Waals surface area contributed by atoms with Crippen molar-refractivity contribution in [1.82, 2.24) is 15.5 Å². The minimum atomic E-state index is -0.333. The highest BCUT2D eigenvalue weighted by Gasteiger charge is 2.27. The second-order valence-electron chi connectivity index (χ2n) is 4.84. The first kappa shape index (κ1) is 11.4. The molecule has 5 heteroatoms. The highest BCUT2D eigenvalue weighted by molar-refractivity contribution is 5.95. The number of likely N-dealkylation sites (tertiary alicyclic amines) is 1. The summed E-state index contributed by atoms with van der Waals surface area (Å²) in [6.07, 6.45) is 3.98. The molecule has 1 aliphatic carbocycles. The van der Waals surface area contributed by atoms with E-state index in [1.165, 1.54) is 0 Å². The van der Waals surface area contributed by atoms with Crippen LogP contribution in [0.4, 0.5) is 4.79 Å². The summed E-state index contributed by atoms with van der Waals surface area (Å²) in [5.41, 5.74) is 0. The van der Waals surface area contributed by atoms with Crippen LogP contribution in [0.1, 0.15) is 25.7 Å². The molecule has 2 aliphatic rings. The number of rotatable bonds is 2. The van der Waals surface area contributed by atoms with Crippen molar-refractivity contribution in [1.29, 1.82) is 0 Å². The van der Waals surface area contributed by atoms with Gasteiger partial charge in [-0.25, -0.2) is 4.79 Å². The predicted octanol–water partition coefficient (Wildman–Crippen LogP) is 0.316. The van der Waals surface area contributed by atoms with Crippen molar-refractivity contribution in [2.24, 2.45) is 5.92 Å². The molecule has 0 bridgehead atoms. The van der Waals surface area contributed by atoms with E-state index < -0.39 is 0 Å². The van der Waals surface area contributed by atoms with Gasteiger partial charge in [-0.05, 0) is 39.3 Å². The van der Waals surface area contributed by atoms with Gasteiger partial charge in [-0.3, -0.25) is 10.1 Å². The van der Waals surface area contributed by atoms with Gasteiger partial charge in [0, 0.05) is 12.6 Å². The molecule has 2 N–H and O–H groups in total. The molecule has 16 heavy (non-hydrogen) atoms. The van der Waals surface area contributed by atoms with Crippen molar-refractivity contribution in [3.63, 3.8) is 0 Å². The maximum atomic E-state index is 11.8. The van der Waals surface area contributed by atoms with E-state index >= 15 is 0 Å². The Morgan fingerprint density at radius 1 is 1.25 bits per heavy atom. The summed E-state index contributed by atoms with van der Waals surface area (Å²) in [7, 11) is 2.00. The molecule has 2 fully saturated rings. The Labute approximate surface area is 95.6 Å². The first-order chi connectivity index (χ1) is 7.65. The van der Waals surface area contributed by atoms with E-state index in [2.05, 4.69) is 15.5 Å². The summed E-state index contributed by atoms with van der Waals surface area (Å²) in [5.74, 6) is -0.173. The van der Waals surface area contributed by atoms with Gasteiger partial charge < -0.3 is 10.2 Å². The Balaban J connectivity index is 1.75. The summed E-state index contributed by atoms with van der Waals surface area (Å²) in [5, 5.41) is 5.18. The molecule has 0 aromatic carbocycles. The number of imide groups is 1. The molecular formula is C11H19N3O2. The fourth-order valence-corrected chi connectivity index (χ4v) is 2.04. The topological polar surface area (TPSA) is 61.4 Å². The molecule has 5 nitrogen and oxygen atoms in total. The second kappa shape index (κ2) is 4.82. The lowest BCUT2D eigenvalue weighted by atomic mass is 9.98. The molecule has 1 aliphatic heterocycles. The van der Waals surface area contributed by atoms with Crippen LogP contribution < -0.4 is 10.6 Å². The van der Waals surface area contributed by atoms with Gasteiger partial charge in [0.05, 0.1) is 5.92 Å². The molecule has 1 heterocycles. The molecule has 0 aromatic rings. The standard InChI is InChI=1S/C11H19N3O2/c1-14-6-2-3-8(7-14)10(15)13-11(16)12-9-4-5-9/h8-9H,2-7H2,1H3,(H2,12,13,15,16). The minimum absolute atomic E-state index is 0.0382. The molecule has 1 atom stereocenters. The van der Waals surface area contributed by atoms with Crippen LogP contribution in [0.3, 0.4) is 0 Å². The summed E-state index contributed by atoms with van der Waals surface area (Å²) >= 11 is 0. The maximum Gasteiger partial charge on any atom is 0.321 e. The zero-order valence-electron chi connectivity index (χ0n) is 9.66. The van der Waals surface area contributed by atoms with Crippen molar-refractivity contribution in [2.45, 2.75) is 31.7 Å². The van der Waals surface area contributed by atoms with Crippen LogP contribution in [0.5, 0.6) is 0 Å². The van der Waals surface area contributed by atoms with Gasteiger partial charge in [-0.1, -0.05) is 0 Å². The molecular weight excluding hydrogens is 206 g/mol. The lowest BCUT2D eigenvalue weighted by Gasteiger charge is -2.28. The van der Waals surface area contributed by atoms with Crippen LogP contribution >= 0.6 is 0 Å². The first-order valence-electron chi connectivity index (χ1n) is 5.95. The summed E-state index contributed by atoms with van der Waals surface area (Å²) in [4.78, 5) is 25.3. The van der Waals surface area contributed by atoms with Gasteiger partial charge in [0.15, 0.2) is 0 Å². The first-order valence-corrected chi connectivity index (χ1v) is 5.95. The Morgan fingerprint density at radius 3 is 2.62 bits per heavy atom. The van der Waals surface area contributed by atoms with Crippen LogP contribution in [0, 0.1) is 5.92 Å². The molecule has 0 spiro atoms. The van der Waals surface area contributed by atoms with Crippen molar-refractivity contribution in [3.8, 4) is 0 Å². The zero-order chi connectivity index (χ0) is 11.5. The summed E-state index contributed by atoms with van der Waals surface area (Å²) in [6.45, 7) is 1.79. The maximum absolute atomic E-state index is 11.8. The summed E-state index contributed by atoms with van der Waals surface area (Å²) in [6, 6.07) is -0.0393. The van der Waals surface area contributed by atoms with Crippen LogP contribution in [-0.2, 0) is 4.79 Å². The average molecular weight is 225 g/mol. The number of carbonyl (C=O) groups is 2. The third-order valence-corrected chi connectivity index (χ3v) is 3.14. The van der Waals surface area contributed by atoms with Crippen LogP contribution in [-0.4, -0.2) is 43.0 Å². The van der Waals surface area contributed by atoms with E-state index in [9.17, 15) is 9.59 Å². The molecule has 3 amide bonds. The van der Waals surface area contributed by atoms with Gasteiger partial charge >= 0.3 is 6.03 Å².